The van der Waals surface area contributed by atoms with Crippen LogP contribution in [0.25, 0.3) is 0 Å². The van der Waals surface area contributed by atoms with Gasteiger partial charge < -0.3 is 9.69 Å². The van der Waals surface area contributed by atoms with Gasteiger partial charge in [-0.25, -0.2) is 0 Å². The lowest BCUT2D eigenvalue weighted by atomic mass is 9.47. The SMILES string of the molecule is C[C@@H]([C@H]1CC[C@H]2[C@H]3CCC4=CC(=O)C=C[C@]4(C)[C@@H]3CC[C@]12C=O)N(C)C. The van der Waals surface area contributed by atoms with Crippen LogP contribution in [-0.4, -0.2) is 37.1 Å². The van der Waals surface area contributed by atoms with Crippen LogP contribution in [0, 0.1) is 34.5 Å². The van der Waals surface area contributed by atoms with Crippen molar-refractivity contribution >= 4 is 12.1 Å². The van der Waals surface area contributed by atoms with E-state index in [0.717, 1.165) is 25.7 Å². The second-order valence-electron chi connectivity index (χ2n) is 9.76. The molecule has 0 aromatic heterocycles. The zero-order valence-electron chi connectivity index (χ0n) is 16.7. The van der Waals surface area contributed by atoms with E-state index in [9.17, 15) is 9.59 Å². The monoisotopic (exact) mass is 355 g/mol. The number of ketones is 1. The highest BCUT2D eigenvalue weighted by Crippen LogP contribution is 2.66. The van der Waals surface area contributed by atoms with E-state index >= 15 is 0 Å². The van der Waals surface area contributed by atoms with Gasteiger partial charge >= 0.3 is 0 Å². The summed E-state index contributed by atoms with van der Waals surface area (Å²) in [6.45, 7) is 4.63. The van der Waals surface area contributed by atoms with Gasteiger partial charge in [0.1, 0.15) is 6.29 Å². The highest BCUT2D eigenvalue weighted by atomic mass is 16.1. The van der Waals surface area contributed by atoms with Crippen LogP contribution in [0.15, 0.2) is 23.8 Å². The van der Waals surface area contributed by atoms with E-state index in [1.807, 2.05) is 6.08 Å². The van der Waals surface area contributed by atoms with Gasteiger partial charge in [0.05, 0.1) is 0 Å². The molecule has 3 nitrogen and oxygen atoms in total. The summed E-state index contributed by atoms with van der Waals surface area (Å²) < 4.78 is 0. The summed E-state index contributed by atoms with van der Waals surface area (Å²) in [6.07, 6.45) is 13.9. The fraction of sp³-hybridized carbons (Fsp3) is 0.739. The van der Waals surface area contributed by atoms with Gasteiger partial charge in [-0.1, -0.05) is 18.6 Å². The van der Waals surface area contributed by atoms with Gasteiger partial charge in [0, 0.05) is 16.9 Å². The quantitative estimate of drug-likeness (QED) is 0.717. The number of allylic oxidation sites excluding steroid dienone is 4. The number of aldehydes is 1. The highest BCUT2D eigenvalue weighted by molar-refractivity contribution is 6.01. The lowest BCUT2D eigenvalue weighted by Crippen LogP contribution is -2.53. The summed E-state index contributed by atoms with van der Waals surface area (Å²) in [5, 5.41) is 0. The fourth-order valence-corrected chi connectivity index (χ4v) is 7.25. The number of carbonyl (C=O) groups excluding carboxylic acids is 2. The average molecular weight is 356 g/mol. The predicted molar refractivity (Wildman–Crippen MR) is 104 cm³/mol. The first-order valence-corrected chi connectivity index (χ1v) is 10.4. The number of rotatable bonds is 3. The maximum atomic E-state index is 12.5. The number of carbonyl (C=O) groups is 2. The van der Waals surface area contributed by atoms with Crippen molar-refractivity contribution in [3.63, 3.8) is 0 Å². The molecule has 0 radical (unpaired) electrons. The third-order valence-corrected chi connectivity index (χ3v) is 8.83. The Balaban J connectivity index is 1.67. The smallest absolute Gasteiger partial charge is 0.178 e. The molecule has 4 rings (SSSR count). The molecular formula is C23H33NO2. The van der Waals surface area contributed by atoms with Gasteiger partial charge in [-0.2, -0.15) is 0 Å². The van der Waals surface area contributed by atoms with E-state index in [0.29, 0.717) is 29.7 Å². The summed E-state index contributed by atoms with van der Waals surface area (Å²) in [7, 11) is 4.29. The Morgan fingerprint density at radius 3 is 2.65 bits per heavy atom. The minimum Gasteiger partial charge on any atom is -0.306 e. The van der Waals surface area contributed by atoms with E-state index < -0.39 is 0 Å². The van der Waals surface area contributed by atoms with Crippen LogP contribution in [0.2, 0.25) is 0 Å². The Labute approximate surface area is 157 Å². The molecule has 0 spiro atoms. The molecule has 0 heterocycles. The Hall–Kier alpha value is -1.22. The van der Waals surface area contributed by atoms with E-state index in [2.05, 4.69) is 38.9 Å². The van der Waals surface area contributed by atoms with E-state index in [1.165, 1.54) is 24.7 Å². The number of nitrogens with zero attached hydrogens (tertiary/aromatic N) is 1. The van der Waals surface area contributed by atoms with Crippen molar-refractivity contribution in [1.29, 1.82) is 0 Å². The van der Waals surface area contributed by atoms with Crippen molar-refractivity contribution in [2.24, 2.45) is 34.5 Å². The first-order valence-electron chi connectivity index (χ1n) is 10.4. The number of hydrogen-bond donors (Lipinski definition) is 0. The molecule has 0 unspecified atom stereocenters. The molecule has 0 N–H and O–H groups in total. The first kappa shape index (κ1) is 18.2. The minimum absolute atomic E-state index is 0.0249. The molecule has 0 amide bonds. The largest absolute Gasteiger partial charge is 0.306 e. The molecule has 3 fully saturated rings. The van der Waals surface area contributed by atoms with E-state index in [1.54, 1.807) is 6.08 Å². The highest BCUT2D eigenvalue weighted by Gasteiger charge is 2.61. The van der Waals surface area contributed by atoms with Crippen LogP contribution in [-0.2, 0) is 9.59 Å². The Morgan fingerprint density at radius 2 is 1.96 bits per heavy atom. The normalized spacial score (nSPS) is 45.6. The molecule has 4 aliphatic rings. The summed E-state index contributed by atoms with van der Waals surface area (Å²) in [4.78, 5) is 26.7. The summed E-state index contributed by atoms with van der Waals surface area (Å²) in [5.74, 6) is 2.35. The van der Waals surface area contributed by atoms with Crippen LogP contribution in [0.4, 0.5) is 0 Å². The van der Waals surface area contributed by atoms with Crippen LogP contribution >= 0.6 is 0 Å². The van der Waals surface area contributed by atoms with Crippen LogP contribution in [0.3, 0.4) is 0 Å². The maximum Gasteiger partial charge on any atom is 0.178 e. The molecule has 0 saturated heterocycles. The van der Waals surface area contributed by atoms with Crippen LogP contribution in [0.5, 0.6) is 0 Å². The number of hydrogen-bond acceptors (Lipinski definition) is 3. The molecule has 7 atom stereocenters. The standard InChI is InChI=1S/C23H33NO2/c1-15(24(3)4)19-7-8-21-18-6-5-16-13-17(26)9-11-22(16,2)20(18)10-12-23(19,21)14-25/h9,11,13-15,18-21H,5-8,10,12H2,1-4H3/t15-,18-,19+,20+,21-,22-,23-/m0/s1. The zero-order chi connectivity index (χ0) is 18.7. The molecule has 4 aliphatic carbocycles. The maximum absolute atomic E-state index is 12.5. The minimum atomic E-state index is -0.128. The van der Waals surface area contributed by atoms with E-state index in [-0.39, 0.29) is 16.6 Å². The van der Waals surface area contributed by atoms with Crippen molar-refractivity contribution in [1.82, 2.24) is 4.90 Å². The first-order chi connectivity index (χ1) is 12.3. The zero-order valence-corrected chi connectivity index (χ0v) is 16.7. The van der Waals surface area contributed by atoms with Crippen molar-refractivity contribution in [3.8, 4) is 0 Å². The molecule has 0 bridgehead atoms. The lowest BCUT2D eigenvalue weighted by molar-refractivity contribution is -0.131. The van der Waals surface area contributed by atoms with Crippen LogP contribution < -0.4 is 0 Å². The average Bonchev–Trinajstić information content (AvgIpc) is 3.01. The van der Waals surface area contributed by atoms with Gasteiger partial charge in [-0.05, 0) is 95.4 Å². The number of fused-ring (bicyclic) bond motifs is 5. The second-order valence-corrected chi connectivity index (χ2v) is 9.76. The Kier molecular flexibility index (Phi) is 4.30. The second kappa shape index (κ2) is 6.15. The molecule has 0 aromatic carbocycles. The van der Waals surface area contributed by atoms with Gasteiger partial charge in [0.2, 0.25) is 0 Å². The van der Waals surface area contributed by atoms with Gasteiger partial charge in [0.15, 0.2) is 5.78 Å². The van der Waals surface area contributed by atoms with E-state index in [4.69, 9.17) is 0 Å². The van der Waals surface area contributed by atoms with Gasteiger partial charge in [-0.3, -0.25) is 4.79 Å². The molecule has 26 heavy (non-hydrogen) atoms. The van der Waals surface area contributed by atoms with Crippen molar-refractivity contribution < 1.29 is 9.59 Å². The summed E-state index contributed by atoms with van der Waals surface area (Å²) in [5.41, 5.74) is 1.23. The predicted octanol–water partition coefficient (Wildman–Crippen LogP) is 4.04. The Morgan fingerprint density at radius 1 is 1.19 bits per heavy atom. The van der Waals surface area contributed by atoms with Gasteiger partial charge in [-0.15, -0.1) is 0 Å². The Bertz CT molecular complexity index is 678. The van der Waals surface area contributed by atoms with Gasteiger partial charge in [0.25, 0.3) is 0 Å². The molecule has 142 valence electrons. The molecule has 0 aromatic rings. The fourth-order valence-electron chi connectivity index (χ4n) is 7.25. The third kappa shape index (κ3) is 2.35. The molecular weight excluding hydrogens is 322 g/mol. The van der Waals surface area contributed by atoms with Crippen LogP contribution in [0.1, 0.15) is 52.4 Å². The summed E-state index contributed by atoms with van der Waals surface area (Å²) in [6, 6.07) is 0.448. The summed E-state index contributed by atoms with van der Waals surface area (Å²) >= 11 is 0. The lowest BCUT2D eigenvalue weighted by Gasteiger charge is -2.57. The molecule has 0 aliphatic heterocycles. The molecule has 3 saturated carbocycles. The topological polar surface area (TPSA) is 37.4 Å². The van der Waals surface area contributed by atoms with Crippen molar-refractivity contribution in [3.05, 3.63) is 23.8 Å². The molecule has 3 heteroatoms. The van der Waals surface area contributed by atoms with Crippen molar-refractivity contribution in [2.45, 2.75) is 58.4 Å². The third-order valence-electron chi connectivity index (χ3n) is 8.83. The van der Waals surface area contributed by atoms with Crippen molar-refractivity contribution in [2.75, 3.05) is 14.1 Å².